The van der Waals surface area contributed by atoms with Gasteiger partial charge < -0.3 is 14.6 Å². The van der Waals surface area contributed by atoms with Crippen molar-refractivity contribution >= 4 is 18.1 Å². The van der Waals surface area contributed by atoms with Crippen LogP contribution in [0.4, 0.5) is 4.79 Å². The van der Waals surface area contributed by atoms with Crippen molar-refractivity contribution in [3.8, 4) is 0 Å². The summed E-state index contributed by atoms with van der Waals surface area (Å²) in [6, 6.07) is 0. The Morgan fingerprint density at radius 2 is 1.78 bits per heavy atom. The zero-order valence-corrected chi connectivity index (χ0v) is 17.0. The quantitative estimate of drug-likeness (QED) is 0.774. The van der Waals surface area contributed by atoms with Gasteiger partial charge in [0, 0.05) is 18.7 Å². The van der Waals surface area contributed by atoms with Crippen LogP contribution in [-0.2, 0) is 27.4 Å². The van der Waals surface area contributed by atoms with Gasteiger partial charge in [0.15, 0.2) is 6.10 Å². The highest BCUT2D eigenvalue weighted by Crippen LogP contribution is 2.39. The first kappa shape index (κ1) is 21.0. The van der Waals surface area contributed by atoms with Crippen LogP contribution in [0.2, 0.25) is 0 Å². The molecule has 0 bridgehead atoms. The molecule has 0 fully saturated rings. The summed E-state index contributed by atoms with van der Waals surface area (Å²) in [6.07, 6.45) is -0.153. The summed E-state index contributed by atoms with van der Waals surface area (Å²) in [5, 5.41) is 9.39. The molecule has 1 amide bonds. The molecule has 0 saturated heterocycles. The van der Waals surface area contributed by atoms with E-state index < -0.39 is 23.8 Å². The van der Waals surface area contributed by atoms with Crippen molar-refractivity contribution < 1.29 is 24.2 Å². The molecule has 1 unspecified atom stereocenters. The third kappa shape index (κ3) is 4.16. The zero-order valence-electron chi connectivity index (χ0n) is 17.0. The van der Waals surface area contributed by atoms with Crippen molar-refractivity contribution in [2.45, 2.75) is 66.3 Å². The van der Waals surface area contributed by atoms with Crippen molar-refractivity contribution in [2.24, 2.45) is 0 Å². The lowest BCUT2D eigenvalue weighted by atomic mass is 9.86. The Labute approximate surface area is 160 Å². The minimum atomic E-state index is -0.959. The second-order valence-electron chi connectivity index (χ2n) is 7.74. The molecule has 1 heterocycles. The van der Waals surface area contributed by atoms with Crippen LogP contribution in [0.25, 0.3) is 6.08 Å². The number of carbonyl (C=O) groups excluding carboxylic acids is 1. The van der Waals surface area contributed by atoms with E-state index in [0.29, 0.717) is 18.7 Å². The number of carbonyl (C=O) groups is 2. The normalized spacial score (nSPS) is 14.7. The summed E-state index contributed by atoms with van der Waals surface area (Å²) in [7, 11) is 0. The largest absolute Gasteiger partial charge is 0.465 e. The highest BCUT2D eigenvalue weighted by molar-refractivity contribution is 5.81. The van der Waals surface area contributed by atoms with Crippen LogP contribution in [0.15, 0.2) is 6.58 Å². The highest BCUT2D eigenvalue weighted by atomic mass is 16.6. The zero-order chi connectivity index (χ0) is 20.5. The fourth-order valence-electron chi connectivity index (χ4n) is 3.58. The summed E-state index contributed by atoms with van der Waals surface area (Å²) >= 11 is 0. The third-order valence-corrected chi connectivity index (χ3v) is 4.77. The molecule has 1 aliphatic heterocycles. The van der Waals surface area contributed by atoms with Crippen molar-refractivity contribution in [1.29, 1.82) is 0 Å². The van der Waals surface area contributed by atoms with Crippen molar-refractivity contribution in [3.63, 3.8) is 0 Å². The van der Waals surface area contributed by atoms with E-state index in [0.717, 1.165) is 27.8 Å². The van der Waals surface area contributed by atoms with Gasteiger partial charge in [-0.1, -0.05) is 12.7 Å². The van der Waals surface area contributed by atoms with Crippen LogP contribution in [0.5, 0.6) is 0 Å². The summed E-state index contributed by atoms with van der Waals surface area (Å²) < 4.78 is 11.4. The number of carboxylic acid groups (broad SMARTS) is 1. The Morgan fingerprint density at radius 3 is 2.22 bits per heavy atom. The summed E-state index contributed by atoms with van der Waals surface area (Å²) in [4.78, 5) is 25.6. The van der Waals surface area contributed by atoms with Gasteiger partial charge in [-0.2, -0.15) is 0 Å². The van der Waals surface area contributed by atoms with Crippen LogP contribution < -0.4 is 0 Å². The Hall–Kier alpha value is -2.34. The molecular formula is C21H29NO5. The van der Waals surface area contributed by atoms with E-state index in [1.807, 2.05) is 34.6 Å². The molecule has 0 radical (unpaired) electrons. The van der Waals surface area contributed by atoms with Crippen LogP contribution in [0, 0.1) is 13.8 Å². The number of ether oxygens (including phenoxy) is 2. The molecular weight excluding hydrogens is 346 g/mol. The fourth-order valence-corrected chi connectivity index (χ4v) is 3.58. The van der Waals surface area contributed by atoms with Crippen LogP contribution in [-0.4, -0.2) is 34.3 Å². The highest BCUT2D eigenvalue weighted by Gasteiger charge is 2.36. The Balaban J connectivity index is 2.69. The van der Waals surface area contributed by atoms with Gasteiger partial charge in [0.2, 0.25) is 0 Å². The maximum atomic E-state index is 12.7. The second kappa shape index (κ2) is 7.72. The molecule has 0 aliphatic carbocycles. The molecule has 1 aromatic carbocycles. The lowest BCUT2D eigenvalue weighted by Gasteiger charge is -2.30. The number of benzene rings is 1. The molecule has 0 aromatic heterocycles. The second-order valence-corrected chi connectivity index (χ2v) is 7.74. The molecule has 0 spiro atoms. The van der Waals surface area contributed by atoms with Crippen molar-refractivity contribution in [2.75, 3.05) is 6.61 Å². The Kier molecular flexibility index (Phi) is 6.00. The van der Waals surface area contributed by atoms with E-state index in [9.17, 15) is 14.7 Å². The van der Waals surface area contributed by atoms with Gasteiger partial charge >= 0.3 is 12.1 Å². The standard InChI is InChI=1S/C21H29NO5/c1-8-14-12(3)15-10-22(20(24)25)11-16(15)13(4)17(14)18(19(23)26-9-2)27-21(5,6)7/h8,18H,1,9-11H2,2-7H3,(H,24,25). The average Bonchev–Trinajstić information content (AvgIpc) is 3.01. The maximum Gasteiger partial charge on any atom is 0.407 e. The minimum absolute atomic E-state index is 0.252. The average molecular weight is 375 g/mol. The predicted octanol–water partition coefficient (Wildman–Crippen LogP) is 4.36. The molecule has 1 aromatic rings. The lowest BCUT2D eigenvalue weighted by Crippen LogP contribution is -2.30. The molecule has 6 heteroatoms. The number of nitrogens with zero attached hydrogens (tertiary/aromatic N) is 1. The monoisotopic (exact) mass is 375 g/mol. The predicted molar refractivity (Wildman–Crippen MR) is 103 cm³/mol. The first-order valence-corrected chi connectivity index (χ1v) is 9.11. The van der Waals surface area contributed by atoms with Crippen LogP contribution in [0.3, 0.4) is 0 Å². The van der Waals surface area contributed by atoms with E-state index in [4.69, 9.17) is 9.47 Å². The van der Waals surface area contributed by atoms with Gasteiger partial charge in [0.05, 0.1) is 12.2 Å². The topological polar surface area (TPSA) is 76.1 Å². The van der Waals surface area contributed by atoms with Gasteiger partial charge in [-0.25, -0.2) is 9.59 Å². The Morgan fingerprint density at radius 1 is 1.22 bits per heavy atom. The first-order chi connectivity index (χ1) is 12.5. The number of amides is 1. The number of esters is 1. The minimum Gasteiger partial charge on any atom is -0.465 e. The number of hydrogen-bond acceptors (Lipinski definition) is 4. The molecule has 1 aliphatic rings. The number of hydrogen-bond donors (Lipinski definition) is 1. The van der Waals surface area contributed by atoms with Gasteiger partial charge in [-0.3, -0.25) is 4.90 Å². The Bertz CT molecular complexity index is 776. The SMILES string of the molecule is C=Cc1c(C)c2c(c(C)c1C(OC(C)(C)C)C(=O)OCC)CN(C(=O)O)C2. The molecule has 27 heavy (non-hydrogen) atoms. The van der Waals surface area contributed by atoms with Crippen molar-refractivity contribution in [3.05, 3.63) is 40.0 Å². The van der Waals surface area contributed by atoms with E-state index in [1.54, 1.807) is 13.0 Å². The van der Waals surface area contributed by atoms with E-state index in [-0.39, 0.29) is 6.61 Å². The van der Waals surface area contributed by atoms with Gasteiger partial charge in [0.1, 0.15) is 0 Å². The number of rotatable bonds is 5. The maximum absolute atomic E-state index is 12.7. The molecule has 1 N–H and O–H groups in total. The molecule has 1 atom stereocenters. The van der Waals surface area contributed by atoms with Gasteiger partial charge in [0.25, 0.3) is 0 Å². The van der Waals surface area contributed by atoms with Crippen LogP contribution in [0.1, 0.15) is 67.2 Å². The smallest absolute Gasteiger partial charge is 0.407 e. The van der Waals surface area contributed by atoms with Gasteiger partial charge in [-0.05, 0) is 69.4 Å². The van der Waals surface area contributed by atoms with E-state index in [1.165, 1.54) is 4.90 Å². The lowest BCUT2D eigenvalue weighted by molar-refractivity contribution is -0.166. The van der Waals surface area contributed by atoms with Crippen molar-refractivity contribution in [1.82, 2.24) is 4.90 Å². The first-order valence-electron chi connectivity index (χ1n) is 9.11. The summed E-state index contributed by atoms with van der Waals surface area (Å²) in [5.74, 6) is -0.453. The number of fused-ring (bicyclic) bond motifs is 1. The molecule has 148 valence electrons. The summed E-state index contributed by atoms with van der Waals surface area (Å²) in [6.45, 7) is 16.1. The summed E-state index contributed by atoms with van der Waals surface area (Å²) in [5.41, 5.74) is 4.65. The van der Waals surface area contributed by atoms with E-state index >= 15 is 0 Å². The van der Waals surface area contributed by atoms with E-state index in [2.05, 4.69) is 6.58 Å². The van der Waals surface area contributed by atoms with Crippen LogP contribution >= 0.6 is 0 Å². The molecule has 2 rings (SSSR count). The van der Waals surface area contributed by atoms with Gasteiger partial charge in [-0.15, -0.1) is 0 Å². The molecule has 0 saturated carbocycles. The fraction of sp³-hybridized carbons (Fsp3) is 0.524. The molecule has 6 nitrogen and oxygen atoms in total. The third-order valence-electron chi connectivity index (χ3n) is 4.77.